The van der Waals surface area contributed by atoms with E-state index in [9.17, 15) is 0 Å². The first-order valence-corrected chi connectivity index (χ1v) is 6.39. The van der Waals surface area contributed by atoms with Gasteiger partial charge in [0.25, 0.3) is 0 Å². The molecule has 0 saturated carbocycles. The van der Waals surface area contributed by atoms with Gasteiger partial charge < -0.3 is 10.1 Å². The van der Waals surface area contributed by atoms with Gasteiger partial charge in [0.2, 0.25) is 0 Å². The van der Waals surface area contributed by atoms with E-state index in [0.29, 0.717) is 18.2 Å². The largest absolute Gasteiger partial charge is 0.374 e. The molecule has 2 rings (SSSR count). The van der Waals surface area contributed by atoms with Gasteiger partial charge in [-0.1, -0.05) is 6.92 Å². The van der Waals surface area contributed by atoms with Crippen LogP contribution in [0.5, 0.6) is 0 Å². The van der Waals surface area contributed by atoms with Crippen LogP contribution < -0.4 is 5.32 Å². The molecule has 3 atom stereocenters. The van der Waals surface area contributed by atoms with Crippen molar-refractivity contribution in [3.05, 3.63) is 0 Å². The van der Waals surface area contributed by atoms with Crippen molar-refractivity contribution in [3.8, 4) is 0 Å². The fourth-order valence-corrected chi connectivity index (χ4v) is 2.64. The van der Waals surface area contributed by atoms with Gasteiger partial charge in [0.15, 0.2) is 0 Å². The van der Waals surface area contributed by atoms with Crippen molar-refractivity contribution in [3.63, 3.8) is 0 Å². The van der Waals surface area contributed by atoms with Gasteiger partial charge in [-0.25, -0.2) is 0 Å². The summed E-state index contributed by atoms with van der Waals surface area (Å²) in [6.07, 6.45) is 4.71. The maximum Gasteiger partial charge on any atom is 0.0706 e. The molecule has 0 radical (unpaired) electrons. The van der Waals surface area contributed by atoms with E-state index < -0.39 is 0 Å². The summed E-state index contributed by atoms with van der Waals surface area (Å²) in [6, 6.07) is 0.692. The molecule has 2 saturated heterocycles. The van der Waals surface area contributed by atoms with E-state index in [2.05, 4.69) is 24.1 Å². The zero-order valence-electron chi connectivity index (χ0n) is 10.0. The molecule has 2 aliphatic rings. The molecule has 0 amide bonds. The van der Waals surface area contributed by atoms with Crippen LogP contribution in [-0.2, 0) is 4.74 Å². The summed E-state index contributed by atoms with van der Waals surface area (Å²) in [6.45, 7) is 9.11. The quantitative estimate of drug-likeness (QED) is 0.762. The lowest BCUT2D eigenvalue weighted by Crippen LogP contribution is -2.52. The average molecular weight is 212 g/mol. The number of nitrogens with one attached hydrogen (secondary N) is 1. The molecule has 3 nitrogen and oxygen atoms in total. The molecule has 3 unspecified atom stereocenters. The van der Waals surface area contributed by atoms with Crippen LogP contribution in [0.2, 0.25) is 0 Å². The fraction of sp³-hybridized carbons (Fsp3) is 1.00. The van der Waals surface area contributed by atoms with Gasteiger partial charge in [0.05, 0.1) is 12.2 Å². The Balaban J connectivity index is 1.74. The van der Waals surface area contributed by atoms with E-state index in [4.69, 9.17) is 4.74 Å². The maximum absolute atomic E-state index is 5.87. The van der Waals surface area contributed by atoms with Crippen molar-refractivity contribution in [2.45, 2.75) is 51.4 Å². The van der Waals surface area contributed by atoms with E-state index in [1.165, 1.54) is 32.4 Å². The second kappa shape index (κ2) is 5.28. The van der Waals surface area contributed by atoms with Gasteiger partial charge in [-0.15, -0.1) is 0 Å². The predicted octanol–water partition coefficient (Wildman–Crippen LogP) is 1.24. The zero-order valence-corrected chi connectivity index (χ0v) is 10.0. The van der Waals surface area contributed by atoms with Crippen LogP contribution in [-0.4, -0.2) is 49.3 Å². The van der Waals surface area contributed by atoms with Crippen molar-refractivity contribution < 1.29 is 4.74 Å². The summed E-state index contributed by atoms with van der Waals surface area (Å²) in [4.78, 5) is 2.56. The van der Waals surface area contributed by atoms with Crippen molar-refractivity contribution in [1.82, 2.24) is 10.2 Å². The van der Waals surface area contributed by atoms with Crippen LogP contribution in [0.1, 0.15) is 33.1 Å². The van der Waals surface area contributed by atoms with Crippen LogP contribution in [0.25, 0.3) is 0 Å². The van der Waals surface area contributed by atoms with Gasteiger partial charge in [-0.2, -0.15) is 0 Å². The van der Waals surface area contributed by atoms with Gasteiger partial charge >= 0.3 is 0 Å². The molecule has 3 heteroatoms. The van der Waals surface area contributed by atoms with Gasteiger partial charge in [-0.05, 0) is 26.2 Å². The molecule has 0 aromatic heterocycles. The van der Waals surface area contributed by atoms with E-state index in [-0.39, 0.29) is 0 Å². The molecule has 0 aromatic rings. The minimum absolute atomic E-state index is 0.486. The Morgan fingerprint density at radius 2 is 2.27 bits per heavy atom. The molecule has 1 N–H and O–H groups in total. The first-order chi connectivity index (χ1) is 7.28. The maximum atomic E-state index is 5.87. The molecule has 2 fully saturated rings. The standard InChI is InChI=1S/C12H24N2O/c1-3-11-8-14(7-6-13-11)9-12-5-4-10(2)15-12/h10-13H,3-9H2,1-2H3. The smallest absolute Gasteiger partial charge is 0.0706 e. The number of ether oxygens (including phenoxy) is 1. The van der Waals surface area contributed by atoms with Crippen molar-refractivity contribution >= 4 is 0 Å². The van der Waals surface area contributed by atoms with Crippen molar-refractivity contribution in [1.29, 1.82) is 0 Å². The number of hydrogen-bond acceptors (Lipinski definition) is 3. The molecule has 0 aliphatic carbocycles. The highest BCUT2D eigenvalue weighted by Gasteiger charge is 2.26. The van der Waals surface area contributed by atoms with E-state index in [1.54, 1.807) is 0 Å². The Hall–Kier alpha value is -0.120. The Kier molecular flexibility index (Phi) is 4.00. The minimum Gasteiger partial charge on any atom is -0.374 e. The summed E-state index contributed by atoms with van der Waals surface area (Å²) < 4.78 is 5.87. The second-order valence-electron chi connectivity index (χ2n) is 4.96. The van der Waals surface area contributed by atoms with Crippen LogP contribution >= 0.6 is 0 Å². The first-order valence-electron chi connectivity index (χ1n) is 6.39. The Morgan fingerprint density at radius 3 is 2.93 bits per heavy atom. The lowest BCUT2D eigenvalue weighted by Gasteiger charge is -2.34. The second-order valence-corrected chi connectivity index (χ2v) is 4.96. The van der Waals surface area contributed by atoms with Gasteiger partial charge in [0, 0.05) is 32.2 Å². The molecular weight excluding hydrogens is 188 g/mol. The third-order valence-electron chi connectivity index (χ3n) is 3.61. The monoisotopic (exact) mass is 212 g/mol. The lowest BCUT2D eigenvalue weighted by molar-refractivity contribution is 0.0253. The molecule has 15 heavy (non-hydrogen) atoms. The van der Waals surface area contributed by atoms with E-state index in [1.807, 2.05) is 0 Å². The lowest BCUT2D eigenvalue weighted by atomic mass is 10.1. The number of rotatable bonds is 3. The Bertz CT molecular complexity index is 198. The molecule has 0 bridgehead atoms. The topological polar surface area (TPSA) is 24.5 Å². The highest BCUT2D eigenvalue weighted by Crippen LogP contribution is 2.20. The van der Waals surface area contributed by atoms with Crippen LogP contribution in [0, 0.1) is 0 Å². The van der Waals surface area contributed by atoms with Crippen LogP contribution in [0.3, 0.4) is 0 Å². The van der Waals surface area contributed by atoms with E-state index >= 15 is 0 Å². The molecule has 0 aromatic carbocycles. The molecular formula is C12H24N2O. The molecule has 88 valence electrons. The summed E-state index contributed by atoms with van der Waals surface area (Å²) in [5, 5.41) is 3.55. The Morgan fingerprint density at radius 1 is 1.40 bits per heavy atom. The summed E-state index contributed by atoms with van der Waals surface area (Å²) in [5.41, 5.74) is 0. The highest BCUT2D eigenvalue weighted by molar-refractivity contribution is 4.81. The average Bonchev–Trinajstić information content (AvgIpc) is 2.64. The number of piperazine rings is 1. The molecule has 2 aliphatic heterocycles. The Labute approximate surface area is 93.2 Å². The zero-order chi connectivity index (χ0) is 10.7. The fourth-order valence-electron chi connectivity index (χ4n) is 2.64. The predicted molar refractivity (Wildman–Crippen MR) is 62.1 cm³/mol. The summed E-state index contributed by atoms with van der Waals surface area (Å²) >= 11 is 0. The summed E-state index contributed by atoms with van der Waals surface area (Å²) in [5.74, 6) is 0. The number of nitrogens with zero attached hydrogens (tertiary/aromatic N) is 1. The summed E-state index contributed by atoms with van der Waals surface area (Å²) in [7, 11) is 0. The van der Waals surface area contributed by atoms with E-state index in [0.717, 1.165) is 13.1 Å². The van der Waals surface area contributed by atoms with Crippen molar-refractivity contribution in [2.75, 3.05) is 26.2 Å². The molecule has 0 spiro atoms. The molecule has 2 heterocycles. The van der Waals surface area contributed by atoms with Gasteiger partial charge in [-0.3, -0.25) is 4.90 Å². The van der Waals surface area contributed by atoms with Crippen LogP contribution in [0.4, 0.5) is 0 Å². The highest BCUT2D eigenvalue weighted by atomic mass is 16.5. The first kappa shape index (κ1) is 11.4. The SMILES string of the molecule is CCC1CN(CC2CCC(C)O2)CCN1. The van der Waals surface area contributed by atoms with Crippen LogP contribution in [0.15, 0.2) is 0 Å². The number of hydrogen-bond donors (Lipinski definition) is 1. The third-order valence-corrected chi connectivity index (χ3v) is 3.61. The normalized spacial score (nSPS) is 38.4. The third kappa shape index (κ3) is 3.16. The van der Waals surface area contributed by atoms with Gasteiger partial charge in [0.1, 0.15) is 0 Å². The van der Waals surface area contributed by atoms with Crippen molar-refractivity contribution in [2.24, 2.45) is 0 Å². The minimum atomic E-state index is 0.486.